The first-order valence-electron chi connectivity index (χ1n) is 9.00. The summed E-state index contributed by atoms with van der Waals surface area (Å²) in [7, 11) is -3.76. The topological polar surface area (TPSA) is 105 Å². The fourth-order valence-electron chi connectivity index (χ4n) is 2.58. The normalized spacial score (nSPS) is 10.6. The van der Waals surface area contributed by atoms with E-state index in [4.69, 9.17) is 4.74 Å². The lowest BCUT2D eigenvalue weighted by Crippen LogP contribution is -3.00. The number of sulfonamides is 1. The minimum Gasteiger partial charge on any atom is -1.00 e. The van der Waals surface area contributed by atoms with E-state index in [1.165, 1.54) is 16.8 Å². The lowest BCUT2D eigenvalue weighted by atomic mass is 10.2. The van der Waals surface area contributed by atoms with Crippen molar-refractivity contribution in [3.63, 3.8) is 0 Å². The van der Waals surface area contributed by atoms with Crippen LogP contribution in [0, 0.1) is 0 Å². The second kappa shape index (κ2) is 11.3. The van der Waals surface area contributed by atoms with Gasteiger partial charge in [-0.05, 0) is 23.8 Å². The second-order valence-corrected chi connectivity index (χ2v) is 8.08. The zero-order valence-electron chi connectivity index (χ0n) is 16.3. The smallest absolute Gasteiger partial charge is 0.378 e. The molecule has 1 heterocycles. The van der Waals surface area contributed by atoms with E-state index in [0.717, 1.165) is 0 Å². The van der Waals surface area contributed by atoms with Crippen LogP contribution in [0.3, 0.4) is 0 Å². The van der Waals surface area contributed by atoms with Crippen LogP contribution >= 0.6 is 0 Å². The van der Waals surface area contributed by atoms with E-state index < -0.39 is 21.9 Å². The fraction of sp³-hybridized carbons (Fsp3) is 0.0952. The van der Waals surface area contributed by atoms with Crippen molar-refractivity contribution in [2.24, 2.45) is 0 Å². The maximum absolute atomic E-state index is 12.3. The Labute approximate surface area is 190 Å². The summed E-state index contributed by atoms with van der Waals surface area (Å²) in [5, 5.41) is 0. The summed E-state index contributed by atoms with van der Waals surface area (Å²) >= 11 is 0. The highest BCUT2D eigenvalue weighted by molar-refractivity contribution is 7.88. The standard InChI is InChI=1S/C21H19N3O5S.BrH/c25-20(29-19-11-5-2-6-12-19)15-24-13-7-10-18(14-24)21(26)22-23-30(27,28)16-17-8-3-1-4-9-17;/h1-14,23H,15-16H2;1H. The zero-order valence-corrected chi connectivity index (χ0v) is 18.7. The van der Waals surface area contributed by atoms with Gasteiger partial charge in [0.1, 0.15) is 11.3 Å². The number of halogens is 1. The second-order valence-electron chi connectivity index (χ2n) is 6.35. The van der Waals surface area contributed by atoms with Crippen LogP contribution < -0.4 is 36.5 Å². The number of carbonyl (C=O) groups excluding carboxylic acids is 2. The van der Waals surface area contributed by atoms with Crippen molar-refractivity contribution in [2.75, 3.05) is 0 Å². The maximum Gasteiger partial charge on any atom is 0.378 e. The summed E-state index contributed by atoms with van der Waals surface area (Å²) < 4.78 is 30.9. The number of nitrogens with zero attached hydrogens (tertiary/aromatic N) is 1. The molecule has 10 heteroatoms. The summed E-state index contributed by atoms with van der Waals surface area (Å²) in [4.78, 5) is 26.4. The van der Waals surface area contributed by atoms with Gasteiger partial charge >= 0.3 is 5.97 Å². The predicted octanol–water partition coefficient (Wildman–Crippen LogP) is -1.65. The third kappa shape index (κ3) is 7.93. The molecule has 2 aromatic carbocycles. The van der Waals surface area contributed by atoms with Crippen LogP contribution in [0.1, 0.15) is 15.9 Å². The first-order valence-corrected chi connectivity index (χ1v) is 10.7. The number of benzene rings is 2. The SMILES string of the molecule is O=C(C[n+]1cccc(C(=O)NNS(=O)(=O)Cc2ccccc2)c1)Oc1ccccc1.[Br-]. The Morgan fingerprint density at radius 1 is 0.903 bits per heavy atom. The number of para-hydroxylation sites is 1. The minimum atomic E-state index is -3.76. The van der Waals surface area contributed by atoms with Crippen molar-refractivity contribution in [1.82, 2.24) is 10.3 Å². The predicted molar refractivity (Wildman–Crippen MR) is 108 cm³/mol. The van der Waals surface area contributed by atoms with Crippen LogP contribution in [-0.4, -0.2) is 20.3 Å². The Hall–Kier alpha value is -3.08. The molecule has 0 fully saturated rings. The Morgan fingerprint density at radius 3 is 2.23 bits per heavy atom. The molecule has 1 aromatic heterocycles. The number of amides is 1. The third-order valence-electron chi connectivity index (χ3n) is 3.93. The van der Waals surface area contributed by atoms with Gasteiger partial charge in [0, 0.05) is 6.07 Å². The van der Waals surface area contributed by atoms with Gasteiger partial charge in [-0.1, -0.05) is 48.5 Å². The molecule has 0 unspecified atom stereocenters. The van der Waals surface area contributed by atoms with Gasteiger partial charge in [0.15, 0.2) is 12.4 Å². The minimum absolute atomic E-state index is 0. The summed E-state index contributed by atoms with van der Waals surface area (Å²) in [6.45, 7) is -0.115. The highest BCUT2D eigenvalue weighted by Gasteiger charge is 2.17. The first kappa shape index (κ1) is 24.2. The van der Waals surface area contributed by atoms with E-state index in [-0.39, 0.29) is 34.8 Å². The lowest BCUT2D eigenvalue weighted by molar-refractivity contribution is -0.685. The number of aromatic nitrogens is 1. The van der Waals surface area contributed by atoms with Gasteiger partial charge in [0.25, 0.3) is 5.91 Å². The quantitative estimate of drug-likeness (QED) is 0.165. The first-order chi connectivity index (χ1) is 14.4. The molecule has 0 aliphatic heterocycles. The average Bonchev–Trinajstić information content (AvgIpc) is 2.73. The molecule has 8 nitrogen and oxygen atoms in total. The molecule has 3 aromatic rings. The van der Waals surface area contributed by atoms with Crippen LogP contribution in [0.2, 0.25) is 0 Å². The van der Waals surface area contributed by atoms with Gasteiger partial charge in [0.05, 0.1) is 5.75 Å². The van der Waals surface area contributed by atoms with Crippen molar-refractivity contribution in [2.45, 2.75) is 12.3 Å². The van der Waals surface area contributed by atoms with Gasteiger partial charge in [0.2, 0.25) is 16.6 Å². The average molecular weight is 506 g/mol. The van der Waals surface area contributed by atoms with Crippen molar-refractivity contribution >= 4 is 21.9 Å². The number of esters is 1. The summed E-state index contributed by atoms with van der Waals surface area (Å²) in [5.41, 5.74) is 2.94. The number of hydrogen-bond acceptors (Lipinski definition) is 5. The van der Waals surface area contributed by atoms with Crippen LogP contribution in [0.25, 0.3) is 0 Å². The van der Waals surface area contributed by atoms with Crippen LogP contribution in [0.5, 0.6) is 5.75 Å². The molecule has 0 spiro atoms. The molecule has 0 bridgehead atoms. The van der Waals surface area contributed by atoms with Gasteiger partial charge < -0.3 is 21.7 Å². The van der Waals surface area contributed by atoms with Crippen LogP contribution in [0.15, 0.2) is 85.2 Å². The molecular formula is C21H20BrN3O5S. The highest BCUT2D eigenvalue weighted by Crippen LogP contribution is 2.08. The molecule has 31 heavy (non-hydrogen) atoms. The number of ether oxygens (including phenoxy) is 1. The molecule has 162 valence electrons. The van der Waals surface area contributed by atoms with Gasteiger partial charge in [-0.2, -0.15) is 4.57 Å². The number of hydrogen-bond donors (Lipinski definition) is 2. The highest BCUT2D eigenvalue weighted by atomic mass is 79.9. The Morgan fingerprint density at radius 2 is 1.55 bits per heavy atom. The Kier molecular flexibility index (Phi) is 8.86. The molecule has 0 atom stereocenters. The third-order valence-corrected chi connectivity index (χ3v) is 5.05. The molecular weight excluding hydrogens is 486 g/mol. The number of rotatable bonds is 8. The van der Waals surface area contributed by atoms with Crippen LogP contribution in [0.4, 0.5) is 0 Å². The van der Waals surface area contributed by atoms with Crippen molar-refractivity contribution in [3.05, 3.63) is 96.3 Å². The van der Waals surface area contributed by atoms with E-state index in [1.54, 1.807) is 66.9 Å². The monoisotopic (exact) mass is 505 g/mol. The largest absolute Gasteiger partial charge is 1.00 e. The number of carbonyl (C=O) groups is 2. The Balaban J connectivity index is 0.00000341. The van der Waals surface area contributed by atoms with Crippen LogP contribution in [-0.2, 0) is 27.1 Å². The van der Waals surface area contributed by atoms with E-state index >= 15 is 0 Å². The van der Waals surface area contributed by atoms with Crippen molar-refractivity contribution in [1.29, 1.82) is 0 Å². The van der Waals surface area contributed by atoms with Crippen molar-refractivity contribution in [3.8, 4) is 5.75 Å². The van der Waals surface area contributed by atoms with Gasteiger partial charge in [-0.25, -0.2) is 13.2 Å². The molecule has 3 rings (SSSR count). The summed E-state index contributed by atoms with van der Waals surface area (Å²) in [6.07, 6.45) is 3.02. The number of hydrazine groups is 1. The molecule has 1 amide bonds. The maximum atomic E-state index is 12.3. The van der Waals surface area contributed by atoms with E-state index in [0.29, 0.717) is 11.3 Å². The molecule has 0 saturated heterocycles. The number of nitrogens with one attached hydrogen (secondary N) is 2. The lowest BCUT2D eigenvalue weighted by Gasteiger charge is -2.08. The molecule has 0 aliphatic carbocycles. The van der Waals surface area contributed by atoms with Crippen molar-refractivity contribution < 1.29 is 44.3 Å². The molecule has 0 aliphatic rings. The van der Waals surface area contributed by atoms with E-state index in [9.17, 15) is 18.0 Å². The van der Waals surface area contributed by atoms with E-state index in [1.807, 2.05) is 6.07 Å². The number of pyridine rings is 1. The summed E-state index contributed by atoms with van der Waals surface area (Å²) in [5.74, 6) is -1.01. The molecule has 0 radical (unpaired) electrons. The Bertz CT molecular complexity index is 1130. The zero-order chi connectivity index (χ0) is 21.4. The van der Waals surface area contributed by atoms with Gasteiger partial charge in [-0.15, -0.1) is 4.83 Å². The van der Waals surface area contributed by atoms with E-state index in [2.05, 4.69) is 10.3 Å². The molecule has 2 N–H and O–H groups in total. The molecule has 0 saturated carbocycles. The van der Waals surface area contributed by atoms with Gasteiger partial charge in [-0.3, -0.25) is 10.2 Å². The summed E-state index contributed by atoms with van der Waals surface area (Å²) in [6, 6.07) is 20.3. The fourth-order valence-corrected chi connectivity index (χ4v) is 3.53.